The van der Waals surface area contributed by atoms with E-state index in [1.54, 1.807) is 0 Å². The molecule has 17 heavy (non-hydrogen) atoms. The van der Waals surface area contributed by atoms with Crippen molar-refractivity contribution in [3.05, 3.63) is 24.3 Å². The summed E-state index contributed by atoms with van der Waals surface area (Å²) < 4.78 is 5.67. The number of unbranched alkanes of at least 4 members (excludes halogenated alkanes) is 1. The Kier molecular flexibility index (Phi) is 5.05. The number of anilines is 1. The van der Waals surface area contributed by atoms with E-state index < -0.39 is 0 Å². The van der Waals surface area contributed by atoms with Crippen LogP contribution < -0.4 is 9.64 Å². The first-order valence-corrected chi connectivity index (χ1v) is 7.61. The van der Waals surface area contributed by atoms with Crippen LogP contribution >= 0.6 is 11.8 Å². The topological polar surface area (TPSA) is 12.5 Å². The van der Waals surface area contributed by atoms with Crippen LogP contribution in [-0.2, 0) is 0 Å². The minimum absolute atomic E-state index is 0.830. The Balaban J connectivity index is 1.88. The fourth-order valence-electron chi connectivity index (χ4n) is 1.91. The van der Waals surface area contributed by atoms with Gasteiger partial charge in [-0.1, -0.05) is 13.3 Å². The fraction of sp³-hybridized carbons (Fsp3) is 0.571. The molecule has 1 aromatic carbocycles. The molecule has 0 saturated carbocycles. The summed E-state index contributed by atoms with van der Waals surface area (Å²) in [5, 5.41) is 0. The maximum Gasteiger partial charge on any atom is 0.119 e. The molecule has 1 fully saturated rings. The molecule has 1 aliphatic rings. The van der Waals surface area contributed by atoms with E-state index in [-0.39, 0.29) is 0 Å². The average molecular weight is 251 g/mol. The zero-order valence-corrected chi connectivity index (χ0v) is 11.3. The average Bonchev–Trinajstić information content (AvgIpc) is 2.41. The second-order valence-corrected chi connectivity index (χ2v) is 5.52. The molecule has 1 saturated heterocycles. The van der Waals surface area contributed by atoms with Crippen molar-refractivity contribution in [3.8, 4) is 5.75 Å². The molecule has 2 nitrogen and oxygen atoms in total. The first-order chi connectivity index (χ1) is 8.40. The third-order valence-corrected chi connectivity index (χ3v) is 3.92. The van der Waals surface area contributed by atoms with E-state index in [0.717, 1.165) is 18.8 Å². The highest BCUT2D eigenvalue weighted by Crippen LogP contribution is 2.22. The van der Waals surface area contributed by atoms with Gasteiger partial charge in [0, 0.05) is 30.3 Å². The summed E-state index contributed by atoms with van der Waals surface area (Å²) >= 11 is 2.04. The van der Waals surface area contributed by atoms with E-state index in [1.165, 1.54) is 36.7 Å². The van der Waals surface area contributed by atoms with Crippen LogP contribution in [0.5, 0.6) is 5.75 Å². The minimum Gasteiger partial charge on any atom is -0.494 e. The molecule has 0 radical (unpaired) electrons. The Bertz CT molecular complexity index is 319. The van der Waals surface area contributed by atoms with E-state index in [1.807, 2.05) is 11.8 Å². The standard InChI is InChI=1S/C14H21NOS/c1-2-3-10-16-14-6-4-13(5-7-14)15-8-11-17-12-9-15/h4-7H,2-3,8-12H2,1H3. The second kappa shape index (κ2) is 6.80. The van der Waals surface area contributed by atoms with Crippen molar-refractivity contribution in [1.82, 2.24) is 0 Å². The lowest BCUT2D eigenvalue weighted by atomic mass is 10.2. The number of benzene rings is 1. The van der Waals surface area contributed by atoms with E-state index in [9.17, 15) is 0 Å². The Morgan fingerprint density at radius 2 is 1.88 bits per heavy atom. The maximum atomic E-state index is 5.67. The van der Waals surface area contributed by atoms with Gasteiger partial charge in [0.1, 0.15) is 5.75 Å². The number of hydrogen-bond acceptors (Lipinski definition) is 3. The monoisotopic (exact) mass is 251 g/mol. The first-order valence-electron chi connectivity index (χ1n) is 6.45. The van der Waals surface area contributed by atoms with Gasteiger partial charge in [-0.05, 0) is 30.7 Å². The molecule has 0 N–H and O–H groups in total. The highest BCUT2D eigenvalue weighted by Gasteiger charge is 2.10. The number of ether oxygens (including phenoxy) is 1. The molecule has 0 spiro atoms. The number of hydrogen-bond donors (Lipinski definition) is 0. The molecule has 3 heteroatoms. The van der Waals surface area contributed by atoms with E-state index in [2.05, 4.69) is 36.1 Å². The van der Waals surface area contributed by atoms with Gasteiger partial charge in [0.05, 0.1) is 6.61 Å². The van der Waals surface area contributed by atoms with Gasteiger partial charge in [0.2, 0.25) is 0 Å². The van der Waals surface area contributed by atoms with Crippen LogP contribution in [0.3, 0.4) is 0 Å². The summed E-state index contributed by atoms with van der Waals surface area (Å²) in [6, 6.07) is 8.54. The minimum atomic E-state index is 0.830. The third-order valence-electron chi connectivity index (χ3n) is 2.98. The van der Waals surface area contributed by atoms with Crippen LogP contribution in [0, 0.1) is 0 Å². The largest absolute Gasteiger partial charge is 0.494 e. The van der Waals surface area contributed by atoms with Gasteiger partial charge in [-0.3, -0.25) is 0 Å². The van der Waals surface area contributed by atoms with Crippen LogP contribution in [-0.4, -0.2) is 31.2 Å². The van der Waals surface area contributed by atoms with E-state index in [4.69, 9.17) is 4.74 Å². The van der Waals surface area contributed by atoms with Gasteiger partial charge < -0.3 is 9.64 Å². The molecule has 0 amide bonds. The number of rotatable bonds is 5. The van der Waals surface area contributed by atoms with Crippen molar-refractivity contribution in [1.29, 1.82) is 0 Å². The molecule has 94 valence electrons. The van der Waals surface area contributed by atoms with E-state index >= 15 is 0 Å². The van der Waals surface area contributed by atoms with Crippen molar-refractivity contribution in [2.24, 2.45) is 0 Å². The van der Waals surface area contributed by atoms with Gasteiger partial charge in [-0.25, -0.2) is 0 Å². The fourth-order valence-corrected chi connectivity index (χ4v) is 2.81. The zero-order valence-electron chi connectivity index (χ0n) is 10.5. The van der Waals surface area contributed by atoms with Gasteiger partial charge in [-0.2, -0.15) is 11.8 Å². The highest BCUT2D eigenvalue weighted by atomic mass is 32.2. The molecule has 0 atom stereocenters. The molecule has 1 aliphatic heterocycles. The van der Waals surface area contributed by atoms with Gasteiger partial charge in [0.15, 0.2) is 0 Å². The predicted molar refractivity (Wildman–Crippen MR) is 76.4 cm³/mol. The molecule has 0 aliphatic carbocycles. The normalized spacial score (nSPS) is 15.9. The van der Waals surface area contributed by atoms with Crippen LogP contribution in [0.1, 0.15) is 19.8 Å². The Hall–Kier alpha value is -0.830. The predicted octanol–water partition coefficient (Wildman–Crippen LogP) is 3.42. The smallest absolute Gasteiger partial charge is 0.119 e. The van der Waals surface area contributed by atoms with Crippen molar-refractivity contribution in [2.75, 3.05) is 36.1 Å². The SMILES string of the molecule is CCCCOc1ccc(N2CCSCC2)cc1. The van der Waals surface area contributed by atoms with Gasteiger partial charge in [0.25, 0.3) is 0 Å². The summed E-state index contributed by atoms with van der Waals surface area (Å²) in [4.78, 5) is 2.45. The molecule has 0 unspecified atom stereocenters. The van der Waals surface area contributed by atoms with Crippen molar-refractivity contribution in [2.45, 2.75) is 19.8 Å². The van der Waals surface area contributed by atoms with Gasteiger partial charge >= 0.3 is 0 Å². The molecule has 0 bridgehead atoms. The van der Waals surface area contributed by atoms with Crippen molar-refractivity contribution in [3.63, 3.8) is 0 Å². The molecule has 2 rings (SSSR count). The molecule has 0 aromatic heterocycles. The molecule has 1 aromatic rings. The molecular formula is C14H21NOS. The van der Waals surface area contributed by atoms with Crippen LogP contribution in [0.15, 0.2) is 24.3 Å². The zero-order chi connectivity index (χ0) is 11.9. The molecule has 1 heterocycles. The summed E-state index contributed by atoms with van der Waals surface area (Å²) in [6.07, 6.45) is 2.31. The number of nitrogens with zero attached hydrogens (tertiary/aromatic N) is 1. The lowest BCUT2D eigenvalue weighted by Crippen LogP contribution is -2.32. The lowest BCUT2D eigenvalue weighted by Gasteiger charge is -2.28. The Labute approximate surface area is 108 Å². The third kappa shape index (κ3) is 3.84. The summed E-state index contributed by atoms with van der Waals surface area (Å²) in [6.45, 7) is 5.35. The summed E-state index contributed by atoms with van der Waals surface area (Å²) in [7, 11) is 0. The van der Waals surface area contributed by atoms with Gasteiger partial charge in [-0.15, -0.1) is 0 Å². The maximum absolute atomic E-state index is 5.67. The first kappa shape index (κ1) is 12.6. The number of thioether (sulfide) groups is 1. The Morgan fingerprint density at radius 1 is 1.18 bits per heavy atom. The molecular weight excluding hydrogens is 230 g/mol. The summed E-state index contributed by atoms with van der Waals surface area (Å²) in [5.41, 5.74) is 1.33. The van der Waals surface area contributed by atoms with Crippen molar-refractivity contribution >= 4 is 17.4 Å². The lowest BCUT2D eigenvalue weighted by molar-refractivity contribution is 0.309. The second-order valence-electron chi connectivity index (χ2n) is 4.30. The van der Waals surface area contributed by atoms with Crippen LogP contribution in [0.25, 0.3) is 0 Å². The highest BCUT2D eigenvalue weighted by molar-refractivity contribution is 7.99. The quantitative estimate of drug-likeness (QED) is 0.744. The van der Waals surface area contributed by atoms with E-state index in [0.29, 0.717) is 0 Å². The Morgan fingerprint density at radius 3 is 2.53 bits per heavy atom. The van der Waals surface area contributed by atoms with Crippen molar-refractivity contribution < 1.29 is 4.74 Å². The van der Waals surface area contributed by atoms with Crippen LogP contribution in [0.4, 0.5) is 5.69 Å². The summed E-state index contributed by atoms with van der Waals surface area (Å²) in [5.74, 6) is 3.48. The van der Waals surface area contributed by atoms with Crippen LogP contribution in [0.2, 0.25) is 0 Å².